The molecule has 8 heteroatoms. The Bertz CT molecular complexity index is 963. The van der Waals surface area contributed by atoms with E-state index in [-0.39, 0.29) is 17.9 Å². The summed E-state index contributed by atoms with van der Waals surface area (Å²) >= 11 is 1.22. The van der Waals surface area contributed by atoms with Gasteiger partial charge in [-0.3, -0.25) is 9.36 Å². The number of ether oxygens (including phenoxy) is 2. The Morgan fingerprint density at radius 3 is 2.67 bits per heavy atom. The van der Waals surface area contributed by atoms with E-state index in [0.29, 0.717) is 16.0 Å². The molecule has 3 rings (SSSR count). The Morgan fingerprint density at radius 2 is 2.04 bits per heavy atom. The van der Waals surface area contributed by atoms with Crippen LogP contribution in [0.3, 0.4) is 0 Å². The van der Waals surface area contributed by atoms with Crippen molar-refractivity contribution >= 4 is 27.7 Å². The highest BCUT2D eigenvalue weighted by Gasteiger charge is 2.26. The molecular weight excluding hydrogens is 335 g/mol. The molecule has 0 saturated carbocycles. The van der Waals surface area contributed by atoms with Gasteiger partial charge in [0, 0.05) is 0 Å². The van der Waals surface area contributed by atoms with Gasteiger partial charge in [0.25, 0.3) is 5.56 Å². The van der Waals surface area contributed by atoms with E-state index in [4.69, 9.17) is 9.47 Å². The number of nitrogens with zero attached hydrogens (tertiary/aromatic N) is 2. The number of aromatic nitrogens is 2. The van der Waals surface area contributed by atoms with Crippen LogP contribution in [0.25, 0.3) is 16.0 Å². The van der Waals surface area contributed by atoms with Crippen LogP contribution in [0, 0.1) is 5.82 Å². The van der Waals surface area contributed by atoms with Crippen LogP contribution in [0.5, 0.6) is 5.75 Å². The van der Waals surface area contributed by atoms with Crippen LogP contribution in [0.15, 0.2) is 34.6 Å². The number of carbonyl (C=O) groups is 1. The molecule has 0 amide bonds. The van der Waals surface area contributed by atoms with Crippen LogP contribution in [-0.2, 0) is 4.74 Å². The van der Waals surface area contributed by atoms with Crippen LogP contribution in [-0.4, -0.2) is 29.2 Å². The average molecular weight is 348 g/mol. The first-order valence-electron chi connectivity index (χ1n) is 7.07. The minimum atomic E-state index is -0.811. The molecule has 0 aliphatic carbocycles. The fraction of sp³-hybridized carbons (Fsp3) is 0.188. The van der Waals surface area contributed by atoms with Gasteiger partial charge in [0.2, 0.25) is 0 Å². The van der Waals surface area contributed by atoms with E-state index in [0.717, 1.165) is 0 Å². The largest absolute Gasteiger partial charge is 0.490 e. The zero-order valence-corrected chi connectivity index (χ0v) is 13.7. The molecule has 2 aromatic heterocycles. The smallest absolute Gasteiger partial charge is 0.347 e. The second kappa shape index (κ2) is 6.40. The van der Waals surface area contributed by atoms with Crippen molar-refractivity contribution < 1.29 is 18.7 Å². The van der Waals surface area contributed by atoms with Gasteiger partial charge in [0.15, 0.2) is 11.3 Å². The summed E-state index contributed by atoms with van der Waals surface area (Å²) in [7, 11) is 1.19. The molecule has 0 bridgehead atoms. The second-order valence-corrected chi connectivity index (χ2v) is 5.59. The Balaban J connectivity index is 2.42. The quantitative estimate of drug-likeness (QED) is 0.678. The Hall–Kier alpha value is -2.74. The van der Waals surface area contributed by atoms with Gasteiger partial charge in [-0.1, -0.05) is 0 Å². The van der Waals surface area contributed by atoms with Gasteiger partial charge < -0.3 is 9.47 Å². The molecule has 0 unspecified atom stereocenters. The average Bonchev–Trinajstić information content (AvgIpc) is 3.05. The van der Waals surface area contributed by atoms with Crippen molar-refractivity contribution in [2.75, 3.05) is 13.7 Å². The lowest BCUT2D eigenvalue weighted by Gasteiger charge is -2.13. The van der Waals surface area contributed by atoms with Crippen LogP contribution in [0.4, 0.5) is 4.39 Å². The van der Waals surface area contributed by atoms with Gasteiger partial charge in [0.1, 0.15) is 16.2 Å². The van der Waals surface area contributed by atoms with Gasteiger partial charge >= 0.3 is 5.97 Å². The molecule has 0 radical (unpaired) electrons. The lowest BCUT2D eigenvalue weighted by molar-refractivity contribution is 0.0594. The van der Waals surface area contributed by atoms with Crippen molar-refractivity contribution in [2.45, 2.75) is 6.92 Å². The number of hydrogen-bond acceptors (Lipinski definition) is 6. The summed E-state index contributed by atoms with van der Waals surface area (Å²) in [5.74, 6) is -1.13. The van der Waals surface area contributed by atoms with Crippen molar-refractivity contribution in [1.82, 2.24) is 9.55 Å². The fourth-order valence-electron chi connectivity index (χ4n) is 2.37. The number of benzene rings is 1. The number of fused-ring (bicyclic) bond motifs is 1. The highest BCUT2D eigenvalue weighted by molar-refractivity contribution is 7.16. The van der Waals surface area contributed by atoms with E-state index >= 15 is 0 Å². The summed E-state index contributed by atoms with van der Waals surface area (Å²) < 4.78 is 24.7. The van der Waals surface area contributed by atoms with Gasteiger partial charge in [-0.05, 0) is 31.2 Å². The molecule has 0 N–H and O–H groups in total. The molecule has 0 aliphatic rings. The SMILES string of the molecule is CCOc1c(C(=O)OC)c(=O)n(-c2ccc(F)cc2)c2scnc12. The lowest BCUT2D eigenvalue weighted by Crippen LogP contribution is -2.27. The van der Waals surface area contributed by atoms with Crippen molar-refractivity contribution in [3.8, 4) is 11.4 Å². The Kier molecular flexibility index (Phi) is 4.30. The maximum atomic E-state index is 13.2. The highest BCUT2D eigenvalue weighted by atomic mass is 32.1. The molecule has 0 atom stereocenters. The van der Waals surface area contributed by atoms with E-state index in [1.807, 2.05) is 0 Å². The predicted molar refractivity (Wildman–Crippen MR) is 87.7 cm³/mol. The maximum absolute atomic E-state index is 13.2. The number of methoxy groups -OCH3 is 1. The van der Waals surface area contributed by atoms with Gasteiger partial charge in [-0.15, -0.1) is 11.3 Å². The third kappa shape index (κ3) is 2.54. The van der Waals surface area contributed by atoms with Crippen LogP contribution >= 0.6 is 11.3 Å². The van der Waals surface area contributed by atoms with E-state index in [9.17, 15) is 14.0 Å². The first-order chi connectivity index (χ1) is 11.6. The predicted octanol–water partition coefficient (Wildman–Crippen LogP) is 2.77. The summed E-state index contributed by atoms with van der Waals surface area (Å²) in [6.45, 7) is 2.00. The van der Waals surface area contributed by atoms with Crippen LogP contribution in [0.2, 0.25) is 0 Å². The number of halogens is 1. The number of rotatable bonds is 4. The summed E-state index contributed by atoms with van der Waals surface area (Å²) in [4.78, 5) is 29.8. The number of carbonyl (C=O) groups excluding carboxylic acids is 1. The molecule has 0 spiro atoms. The zero-order valence-electron chi connectivity index (χ0n) is 12.9. The molecule has 0 saturated heterocycles. The van der Waals surface area contributed by atoms with Crippen molar-refractivity contribution in [1.29, 1.82) is 0 Å². The third-order valence-corrected chi connectivity index (χ3v) is 4.18. The maximum Gasteiger partial charge on any atom is 0.347 e. The number of esters is 1. The van der Waals surface area contributed by atoms with Crippen molar-refractivity contribution in [3.05, 3.63) is 51.5 Å². The topological polar surface area (TPSA) is 70.4 Å². The fourth-order valence-corrected chi connectivity index (χ4v) is 3.17. The highest BCUT2D eigenvalue weighted by Crippen LogP contribution is 2.31. The molecule has 2 heterocycles. The third-order valence-electron chi connectivity index (χ3n) is 3.37. The molecule has 1 aromatic carbocycles. The van der Waals surface area contributed by atoms with Gasteiger partial charge in [0.05, 0.1) is 24.9 Å². The van der Waals surface area contributed by atoms with Crippen molar-refractivity contribution in [2.24, 2.45) is 0 Å². The molecule has 0 aliphatic heterocycles. The number of thiazole rings is 1. The Morgan fingerprint density at radius 1 is 1.33 bits per heavy atom. The van der Waals surface area contributed by atoms with E-state index in [2.05, 4.69) is 4.98 Å². The first kappa shape index (κ1) is 16.1. The monoisotopic (exact) mass is 348 g/mol. The minimum absolute atomic E-state index is 0.101. The molecule has 124 valence electrons. The zero-order chi connectivity index (χ0) is 17.3. The standard InChI is InChI=1S/C16H13FN2O4S/c1-3-23-13-11(16(21)22-2)14(20)19(15-12(13)18-8-24-15)10-6-4-9(17)5-7-10/h4-8H,3H2,1-2H3. The van der Waals surface area contributed by atoms with E-state index < -0.39 is 17.3 Å². The summed E-state index contributed by atoms with van der Waals surface area (Å²) in [6, 6.07) is 5.39. The number of hydrogen-bond donors (Lipinski definition) is 0. The Labute approximate surface area is 140 Å². The number of pyridine rings is 1. The van der Waals surface area contributed by atoms with Gasteiger partial charge in [-0.25, -0.2) is 14.2 Å². The second-order valence-electron chi connectivity index (χ2n) is 4.75. The van der Waals surface area contributed by atoms with Gasteiger partial charge in [-0.2, -0.15) is 0 Å². The molecule has 0 fully saturated rings. The molecule has 6 nitrogen and oxygen atoms in total. The van der Waals surface area contributed by atoms with Crippen molar-refractivity contribution in [3.63, 3.8) is 0 Å². The molecule has 24 heavy (non-hydrogen) atoms. The summed E-state index contributed by atoms with van der Waals surface area (Å²) in [6.07, 6.45) is 0. The summed E-state index contributed by atoms with van der Waals surface area (Å²) in [5, 5.41) is 0. The first-order valence-corrected chi connectivity index (χ1v) is 7.95. The minimum Gasteiger partial charge on any atom is -0.490 e. The van der Waals surface area contributed by atoms with E-state index in [1.165, 1.54) is 47.3 Å². The summed E-state index contributed by atoms with van der Waals surface area (Å²) in [5.41, 5.74) is 1.51. The molecule has 3 aromatic rings. The molecular formula is C16H13FN2O4S. The van der Waals surface area contributed by atoms with E-state index in [1.54, 1.807) is 12.4 Å². The van der Waals surface area contributed by atoms with Crippen LogP contribution < -0.4 is 10.3 Å². The van der Waals surface area contributed by atoms with Crippen LogP contribution in [0.1, 0.15) is 17.3 Å². The normalized spacial score (nSPS) is 10.8. The lowest BCUT2D eigenvalue weighted by atomic mass is 10.2.